The normalized spacial score (nSPS) is 12.2. The van der Waals surface area contributed by atoms with Gasteiger partial charge in [0.1, 0.15) is 0 Å². The Hall–Kier alpha value is -2.93. The number of anilines is 1. The van der Waals surface area contributed by atoms with Gasteiger partial charge in [-0.3, -0.25) is 19.0 Å². The first-order chi connectivity index (χ1) is 14.3. The Labute approximate surface area is 179 Å². The molecule has 6 nitrogen and oxygen atoms in total. The Kier molecular flexibility index (Phi) is 6.72. The first kappa shape index (κ1) is 21.8. The molecule has 0 saturated carbocycles. The van der Waals surface area contributed by atoms with Crippen LogP contribution in [0.5, 0.6) is 0 Å². The molecule has 0 spiro atoms. The first-order valence-corrected chi connectivity index (χ1v) is 10.7. The maximum atomic E-state index is 13.0. The molecule has 0 aliphatic carbocycles. The van der Waals surface area contributed by atoms with E-state index in [4.69, 9.17) is 0 Å². The Morgan fingerprint density at radius 3 is 2.53 bits per heavy atom. The van der Waals surface area contributed by atoms with E-state index in [-0.39, 0.29) is 23.2 Å². The Bertz CT molecular complexity index is 1150. The van der Waals surface area contributed by atoms with Crippen molar-refractivity contribution < 1.29 is 9.59 Å². The summed E-state index contributed by atoms with van der Waals surface area (Å²) in [6.07, 6.45) is 0. The fourth-order valence-corrected chi connectivity index (χ4v) is 3.95. The molecule has 1 heterocycles. The molecule has 0 saturated heterocycles. The fourth-order valence-electron chi connectivity index (χ4n) is 3.04. The first-order valence-electron chi connectivity index (χ1n) is 9.84. The van der Waals surface area contributed by atoms with Gasteiger partial charge in [-0.1, -0.05) is 49.9 Å². The molecule has 1 amide bonds. The zero-order chi connectivity index (χ0) is 21.8. The Morgan fingerprint density at radius 1 is 1.10 bits per heavy atom. The van der Waals surface area contributed by atoms with Crippen molar-refractivity contribution in [3.63, 3.8) is 0 Å². The van der Waals surface area contributed by atoms with Crippen LogP contribution in [0.2, 0.25) is 0 Å². The molecule has 1 atom stereocenters. The Balaban J connectivity index is 1.87. The van der Waals surface area contributed by atoms with Gasteiger partial charge < -0.3 is 5.32 Å². The SMILES string of the molecule is CC(=O)c1cccc(NC(=O)[C@H](C)Sc2nc3ccccc3c(=O)n2CC(C)C)c1. The number of hydrogen-bond donors (Lipinski definition) is 1. The van der Waals surface area contributed by atoms with E-state index < -0.39 is 5.25 Å². The summed E-state index contributed by atoms with van der Waals surface area (Å²) < 4.78 is 1.65. The minimum atomic E-state index is -0.488. The quantitative estimate of drug-likeness (QED) is 0.347. The van der Waals surface area contributed by atoms with Crippen LogP contribution in [-0.2, 0) is 11.3 Å². The van der Waals surface area contributed by atoms with E-state index in [0.717, 1.165) is 0 Å². The number of fused-ring (bicyclic) bond motifs is 1. The second-order valence-corrected chi connectivity index (χ2v) is 8.92. The number of carbonyl (C=O) groups is 2. The maximum Gasteiger partial charge on any atom is 0.262 e. The van der Waals surface area contributed by atoms with Crippen molar-refractivity contribution in [1.82, 2.24) is 9.55 Å². The lowest BCUT2D eigenvalue weighted by atomic mass is 10.1. The summed E-state index contributed by atoms with van der Waals surface area (Å²) >= 11 is 1.25. The number of aromatic nitrogens is 2. The van der Waals surface area contributed by atoms with Crippen LogP contribution >= 0.6 is 11.8 Å². The maximum absolute atomic E-state index is 13.0. The number of carbonyl (C=O) groups excluding carboxylic acids is 2. The molecule has 30 heavy (non-hydrogen) atoms. The Morgan fingerprint density at radius 2 is 1.83 bits per heavy atom. The summed E-state index contributed by atoms with van der Waals surface area (Å²) in [5.41, 5.74) is 1.62. The number of nitrogens with one attached hydrogen (secondary N) is 1. The lowest BCUT2D eigenvalue weighted by Gasteiger charge is -2.17. The third-order valence-electron chi connectivity index (χ3n) is 4.56. The van der Waals surface area contributed by atoms with Crippen LogP contribution in [0.3, 0.4) is 0 Å². The predicted molar refractivity (Wildman–Crippen MR) is 121 cm³/mol. The number of hydrogen-bond acceptors (Lipinski definition) is 5. The van der Waals surface area contributed by atoms with Crippen molar-refractivity contribution >= 4 is 40.0 Å². The summed E-state index contributed by atoms with van der Waals surface area (Å²) in [6, 6.07) is 14.1. The second-order valence-electron chi connectivity index (χ2n) is 7.61. The van der Waals surface area contributed by atoms with Gasteiger partial charge >= 0.3 is 0 Å². The summed E-state index contributed by atoms with van der Waals surface area (Å²) in [4.78, 5) is 42.0. The van der Waals surface area contributed by atoms with E-state index in [1.807, 2.05) is 26.0 Å². The van der Waals surface area contributed by atoms with Gasteiger partial charge in [0.25, 0.3) is 5.56 Å². The number of amides is 1. The van der Waals surface area contributed by atoms with Crippen molar-refractivity contribution in [3.8, 4) is 0 Å². The third kappa shape index (κ3) is 4.97. The van der Waals surface area contributed by atoms with Gasteiger partial charge in [0.2, 0.25) is 5.91 Å². The molecule has 0 bridgehead atoms. The fraction of sp³-hybridized carbons (Fsp3) is 0.304. The van der Waals surface area contributed by atoms with Crippen LogP contribution in [0.1, 0.15) is 38.1 Å². The van der Waals surface area contributed by atoms with Crippen molar-refractivity contribution in [2.75, 3.05) is 5.32 Å². The smallest absolute Gasteiger partial charge is 0.262 e. The van der Waals surface area contributed by atoms with Gasteiger partial charge in [0.15, 0.2) is 10.9 Å². The average Bonchev–Trinajstić information content (AvgIpc) is 2.70. The number of benzene rings is 2. The number of nitrogens with zero attached hydrogens (tertiary/aromatic N) is 2. The van der Waals surface area contributed by atoms with E-state index in [1.165, 1.54) is 18.7 Å². The zero-order valence-electron chi connectivity index (χ0n) is 17.5. The molecule has 7 heteroatoms. The molecule has 0 fully saturated rings. The minimum absolute atomic E-state index is 0.0633. The summed E-state index contributed by atoms with van der Waals surface area (Å²) in [6.45, 7) is 7.85. The van der Waals surface area contributed by atoms with Gasteiger partial charge in [-0.15, -0.1) is 0 Å². The highest BCUT2D eigenvalue weighted by Gasteiger charge is 2.20. The van der Waals surface area contributed by atoms with Gasteiger partial charge in [-0.25, -0.2) is 4.98 Å². The van der Waals surface area contributed by atoms with Crippen molar-refractivity contribution in [2.45, 2.75) is 44.6 Å². The van der Waals surface area contributed by atoms with Crippen molar-refractivity contribution in [2.24, 2.45) is 5.92 Å². The van der Waals surface area contributed by atoms with Crippen LogP contribution in [0.4, 0.5) is 5.69 Å². The monoisotopic (exact) mass is 423 g/mol. The van der Waals surface area contributed by atoms with Crippen molar-refractivity contribution in [3.05, 3.63) is 64.4 Å². The van der Waals surface area contributed by atoms with Crippen LogP contribution in [0.25, 0.3) is 10.9 Å². The highest BCUT2D eigenvalue weighted by atomic mass is 32.2. The molecule has 0 radical (unpaired) electrons. The van der Waals surface area contributed by atoms with Crippen molar-refractivity contribution in [1.29, 1.82) is 0 Å². The van der Waals surface area contributed by atoms with E-state index in [1.54, 1.807) is 47.9 Å². The molecule has 1 N–H and O–H groups in total. The summed E-state index contributed by atoms with van der Waals surface area (Å²) in [5, 5.41) is 3.44. The zero-order valence-corrected chi connectivity index (χ0v) is 18.3. The molecular weight excluding hydrogens is 398 g/mol. The average molecular weight is 424 g/mol. The van der Waals surface area contributed by atoms with E-state index in [0.29, 0.717) is 33.9 Å². The molecular formula is C23H25N3O3S. The topological polar surface area (TPSA) is 81.1 Å². The predicted octanol–water partition coefficient (Wildman–Crippen LogP) is 4.37. The lowest BCUT2D eigenvalue weighted by molar-refractivity contribution is -0.115. The van der Waals surface area contributed by atoms with Crippen LogP contribution in [0, 0.1) is 5.92 Å². The van der Waals surface area contributed by atoms with E-state index in [9.17, 15) is 14.4 Å². The molecule has 3 aromatic rings. The highest BCUT2D eigenvalue weighted by molar-refractivity contribution is 8.00. The summed E-state index contributed by atoms with van der Waals surface area (Å²) in [7, 11) is 0. The molecule has 1 aromatic heterocycles. The van der Waals surface area contributed by atoms with Gasteiger partial charge in [-0.05, 0) is 44.0 Å². The van der Waals surface area contributed by atoms with Gasteiger partial charge in [-0.2, -0.15) is 0 Å². The third-order valence-corrected chi connectivity index (χ3v) is 5.65. The largest absolute Gasteiger partial charge is 0.325 e. The number of para-hydroxylation sites is 1. The number of Topliss-reactive ketones (excluding diaryl/α,β-unsaturated/α-hetero) is 1. The van der Waals surface area contributed by atoms with Gasteiger partial charge in [0, 0.05) is 17.8 Å². The molecule has 0 aliphatic heterocycles. The highest BCUT2D eigenvalue weighted by Crippen LogP contribution is 2.24. The van der Waals surface area contributed by atoms with Crippen LogP contribution < -0.4 is 10.9 Å². The molecule has 0 unspecified atom stereocenters. The standard InChI is InChI=1S/C23H25N3O3S/c1-14(2)13-26-22(29)19-10-5-6-11-20(19)25-23(26)30-16(4)21(28)24-18-9-7-8-17(12-18)15(3)27/h5-12,14,16H,13H2,1-4H3,(H,24,28)/t16-/m0/s1. The van der Waals surface area contributed by atoms with E-state index in [2.05, 4.69) is 10.3 Å². The van der Waals surface area contributed by atoms with Gasteiger partial charge in [0.05, 0.1) is 16.2 Å². The number of ketones is 1. The van der Waals surface area contributed by atoms with E-state index >= 15 is 0 Å². The molecule has 3 rings (SSSR count). The van der Waals surface area contributed by atoms with Crippen LogP contribution in [0.15, 0.2) is 58.5 Å². The lowest BCUT2D eigenvalue weighted by Crippen LogP contribution is -2.28. The summed E-state index contributed by atoms with van der Waals surface area (Å²) in [5.74, 6) is -0.0331. The minimum Gasteiger partial charge on any atom is -0.325 e. The molecule has 156 valence electrons. The number of rotatable bonds is 7. The number of thioether (sulfide) groups is 1. The molecule has 2 aromatic carbocycles. The second kappa shape index (κ2) is 9.26. The molecule has 0 aliphatic rings. The van der Waals surface area contributed by atoms with Crippen LogP contribution in [-0.4, -0.2) is 26.5 Å².